The molecule has 0 saturated carbocycles. The standard InChI is InChI=1S/C10H11N5O/c16-7-1-2-11-3-6(7)8-9-10(14-4-12-8)15-5-13-9/h4-6,11H,1-3H2,(H,12,13,14,15). The van der Waals surface area contributed by atoms with E-state index in [0.29, 0.717) is 18.6 Å². The number of aromatic amines is 1. The van der Waals surface area contributed by atoms with E-state index in [-0.39, 0.29) is 11.7 Å². The van der Waals surface area contributed by atoms with Crippen molar-refractivity contribution in [3.8, 4) is 0 Å². The fourth-order valence-electron chi connectivity index (χ4n) is 2.04. The predicted molar refractivity (Wildman–Crippen MR) is 56.9 cm³/mol. The van der Waals surface area contributed by atoms with Crippen LogP contribution < -0.4 is 5.32 Å². The van der Waals surface area contributed by atoms with Gasteiger partial charge in [0, 0.05) is 19.5 Å². The first-order chi connectivity index (χ1) is 7.86. The second-order valence-corrected chi connectivity index (χ2v) is 3.83. The topological polar surface area (TPSA) is 83.6 Å². The van der Waals surface area contributed by atoms with Gasteiger partial charge in [-0.2, -0.15) is 0 Å². The second kappa shape index (κ2) is 3.64. The summed E-state index contributed by atoms with van der Waals surface area (Å²) < 4.78 is 0. The minimum atomic E-state index is -0.181. The van der Waals surface area contributed by atoms with E-state index >= 15 is 0 Å². The Morgan fingerprint density at radius 3 is 3.12 bits per heavy atom. The van der Waals surface area contributed by atoms with Gasteiger partial charge in [-0.3, -0.25) is 4.79 Å². The Morgan fingerprint density at radius 2 is 2.25 bits per heavy atom. The zero-order valence-electron chi connectivity index (χ0n) is 8.60. The molecule has 0 radical (unpaired) electrons. The molecule has 82 valence electrons. The summed E-state index contributed by atoms with van der Waals surface area (Å²) in [4.78, 5) is 27.1. The van der Waals surface area contributed by atoms with Crippen LogP contribution in [-0.2, 0) is 4.79 Å². The van der Waals surface area contributed by atoms with Crippen LogP contribution in [0.15, 0.2) is 12.7 Å². The lowest BCUT2D eigenvalue weighted by molar-refractivity contribution is -0.121. The van der Waals surface area contributed by atoms with Crippen molar-refractivity contribution in [2.75, 3.05) is 13.1 Å². The van der Waals surface area contributed by atoms with Crippen molar-refractivity contribution in [3.05, 3.63) is 18.3 Å². The molecule has 1 saturated heterocycles. The fourth-order valence-corrected chi connectivity index (χ4v) is 2.04. The van der Waals surface area contributed by atoms with Gasteiger partial charge in [0.05, 0.1) is 17.9 Å². The molecule has 1 fully saturated rings. The normalized spacial score (nSPS) is 21.5. The van der Waals surface area contributed by atoms with E-state index in [0.717, 1.165) is 17.8 Å². The molecule has 0 bridgehead atoms. The van der Waals surface area contributed by atoms with Gasteiger partial charge in [0.25, 0.3) is 0 Å². The summed E-state index contributed by atoms with van der Waals surface area (Å²) in [6.07, 6.45) is 3.59. The van der Waals surface area contributed by atoms with E-state index in [1.54, 1.807) is 6.33 Å². The minimum absolute atomic E-state index is 0.181. The molecule has 2 N–H and O–H groups in total. The van der Waals surface area contributed by atoms with Crippen LogP contribution >= 0.6 is 0 Å². The number of carbonyl (C=O) groups is 1. The Bertz CT molecular complexity index is 535. The van der Waals surface area contributed by atoms with Gasteiger partial charge in [0.15, 0.2) is 5.65 Å². The zero-order valence-corrected chi connectivity index (χ0v) is 8.60. The molecule has 2 aromatic rings. The summed E-state index contributed by atoms with van der Waals surface area (Å²) >= 11 is 0. The van der Waals surface area contributed by atoms with E-state index < -0.39 is 0 Å². The van der Waals surface area contributed by atoms with E-state index in [2.05, 4.69) is 25.3 Å². The molecule has 1 unspecified atom stereocenters. The number of imidazole rings is 1. The molecule has 0 aliphatic carbocycles. The Kier molecular flexibility index (Phi) is 2.14. The average molecular weight is 217 g/mol. The number of H-pyrrole nitrogens is 1. The van der Waals surface area contributed by atoms with E-state index in [9.17, 15) is 4.79 Å². The lowest BCUT2D eigenvalue weighted by Crippen LogP contribution is -2.35. The first-order valence-electron chi connectivity index (χ1n) is 5.23. The van der Waals surface area contributed by atoms with Crippen molar-refractivity contribution in [2.45, 2.75) is 12.3 Å². The van der Waals surface area contributed by atoms with Gasteiger partial charge >= 0.3 is 0 Å². The lowest BCUT2D eigenvalue weighted by Gasteiger charge is -2.20. The number of aromatic nitrogens is 4. The molecule has 0 amide bonds. The average Bonchev–Trinajstić information content (AvgIpc) is 2.77. The van der Waals surface area contributed by atoms with Gasteiger partial charge in [-0.05, 0) is 0 Å². The number of rotatable bonds is 1. The van der Waals surface area contributed by atoms with Crippen LogP contribution in [0.2, 0.25) is 0 Å². The molecule has 3 heterocycles. The molecule has 16 heavy (non-hydrogen) atoms. The molecule has 1 aliphatic rings. The maximum Gasteiger partial charge on any atom is 0.180 e. The summed E-state index contributed by atoms with van der Waals surface area (Å²) in [6, 6.07) is 0. The van der Waals surface area contributed by atoms with Crippen LogP contribution in [0.5, 0.6) is 0 Å². The number of piperidine rings is 1. The van der Waals surface area contributed by atoms with Crippen molar-refractivity contribution in [1.29, 1.82) is 0 Å². The molecular formula is C10H11N5O. The Morgan fingerprint density at radius 1 is 1.31 bits per heavy atom. The van der Waals surface area contributed by atoms with E-state index in [1.807, 2.05) is 0 Å². The molecule has 0 spiro atoms. The number of ketones is 1. The molecule has 0 aromatic carbocycles. The molecule has 3 rings (SSSR count). The van der Waals surface area contributed by atoms with Gasteiger partial charge in [0.2, 0.25) is 0 Å². The van der Waals surface area contributed by atoms with Crippen molar-refractivity contribution < 1.29 is 4.79 Å². The van der Waals surface area contributed by atoms with Crippen LogP contribution in [0.25, 0.3) is 11.2 Å². The number of nitrogens with one attached hydrogen (secondary N) is 2. The number of Topliss-reactive ketones (excluding diaryl/α,β-unsaturated/α-hetero) is 1. The Hall–Kier alpha value is -1.82. The Balaban J connectivity index is 2.10. The van der Waals surface area contributed by atoms with Crippen LogP contribution in [-0.4, -0.2) is 38.8 Å². The van der Waals surface area contributed by atoms with Gasteiger partial charge in [-0.1, -0.05) is 0 Å². The smallest absolute Gasteiger partial charge is 0.180 e. The SMILES string of the molecule is O=C1CCNCC1c1ncnc2nc[nH]c12. The number of carbonyl (C=O) groups excluding carboxylic acids is 1. The number of nitrogens with zero attached hydrogens (tertiary/aromatic N) is 3. The maximum absolute atomic E-state index is 11.8. The molecular weight excluding hydrogens is 206 g/mol. The number of hydrogen-bond acceptors (Lipinski definition) is 5. The van der Waals surface area contributed by atoms with Gasteiger partial charge in [-0.25, -0.2) is 15.0 Å². The van der Waals surface area contributed by atoms with E-state index in [4.69, 9.17) is 0 Å². The summed E-state index contributed by atoms with van der Waals surface area (Å²) in [6.45, 7) is 1.40. The lowest BCUT2D eigenvalue weighted by atomic mass is 9.94. The number of fused-ring (bicyclic) bond motifs is 1. The van der Waals surface area contributed by atoms with Crippen LogP contribution in [0, 0.1) is 0 Å². The molecule has 2 aromatic heterocycles. The third-order valence-corrected chi connectivity index (χ3v) is 2.87. The van der Waals surface area contributed by atoms with Crippen molar-refractivity contribution >= 4 is 16.9 Å². The maximum atomic E-state index is 11.8. The van der Waals surface area contributed by atoms with Crippen molar-refractivity contribution in [2.24, 2.45) is 0 Å². The zero-order chi connectivity index (χ0) is 11.0. The molecule has 6 heteroatoms. The third-order valence-electron chi connectivity index (χ3n) is 2.87. The van der Waals surface area contributed by atoms with Crippen molar-refractivity contribution in [3.63, 3.8) is 0 Å². The van der Waals surface area contributed by atoms with Gasteiger partial charge < -0.3 is 10.3 Å². The second-order valence-electron chi connectivity index (χ2n) is 3.83. The first-order valence-corrected chi connectivity index (χ1v) is 5.23. The highest BCUT2D eigenvalue weighted by Gasteiger charge is 2.27. The van der Waals surface area contributed by atoms with Crippen molar-refractivity contribution in [1.82, 2.24) is 25.3 Å². The number of hydrogen-bond donors (Lipinski definition) is 2. The van der Waals surface area contributed by atoms with Crippen LogP contribution in [0.3, 0.4) is 0 Å². The predicted octanol–water partition coefficient (Wildman–Crippen LogP) is -0.00110. The summed E-state index contributed by atoms with van der Waals surface area (Å²) in [5, 5.41) is 3.21. The third kappa shape index (κ3) is 1.38. The molecule has 1 aliphatic heterocycles. The van der Waals surface area contributed by atoms with Crippen LogP contribution in [0.4, 0.5) is 0 Å². The van der Waals surface area contributed by atoms with Gasteiger partial charge in [0.1, 0.15) is 17.6 Å². The monoisotopic (exact) mass is 217 g/mol. The molecule has 6 nitrogen and oxygen atoms in total. The fraction of sp³-hybridized carbons (Fsp3) is 0.400. The summed E-state index contributed by atoms with van der Waals surface area (Å²) in [5.41, 5.74) is 2.13. The summed E-state index contributed by atoms with van der Waals surface area (Å²) in [5.74, 6) is 0.0491. The highest BCUT2D eigenvalue weighted by Crippen LogP contribution is 2.22. The van der Waals surface area contributed by atoms with Gasteiger partial charge in [-0.15, -0.1) is 0 Å². The quantitative estimate of drug-likeness (QED) is 0.702. The van der Waals surface area contributed by atoms with E-state index in [1.165, 1.54) is 6.33 Å². The summed E-state index contributed by atoms with van der Waals surface area (Å²) in [7, 11) is 0. The highest BCUT2D eigenvalue weighted by atomic mass is 16.1. The Labute approximate surface area is 91.5 Å². The first kappa shape index (κ1) is 9.41. The highest BCUT2D eigenvalue weighted by molar-refractivity contribution is 5.90. The van der Waals surface area contributed by atoms with Crippen LogP contribution in [0.1, 0.15) is 18.0 Å². The minimum Gasteiger partial charge on any atom is -0.342 e. The molecule has 1 atom stereocenters. The largest absolute Gasteiger partial charge is 0.342 e.